The summed E-state index contributed by atoms with van der Waals surface area (Å²) in [6, 6.07) is 24.0. The van der Waals surface area contributed by atoms with Gasteiger partial charge in [-0.15, -0.1) is 0 Å². The van der Waals surface area contributed by atoms with Gasteiger partial charge in [0.1, 0.15) is 0 Å². The largest absolute Gasteiger partial charge is 0.0623 e. The van der Waals surface area contributed by atoms with Crippen molar-refractivity contribution in [2.24, 2.45) is 0 Å². The minimum absolute atomic E-state index is 2.00. The van der Waals surface area contributed by atoms with Crippen LogP contribution in [0.15, 0.2) is 72.8 Å². The Balaban J connectivity index is 0.000000210. The van der Waals surface area contributed by atoms with Gasteiger partial charge in [-0.25, -0.2) is 0 Å². The van der Waals surface area contributed by atoms with E-state index in [-0.39, 0.29) is 0 Å². The van der Waals surface area contributed by atoms with Crippen molar-refractivity contribution in [3.05, 3.63) is 72.8 Å². The molecule has 0 atom stereocenters. The number of hydrogen-bond acceptors (Lipinski definition) is 2. The van der Waals surface area contributed by atoms with Gasteiger partial charge in [-0.05, 0) is 0 Å². The maximum atomic E-state index is 8.58. The van der Waals surface area contributed by atoms with Gasteiger partial charge in [-0.3, -0.25) is 0 Å². The first-order valence-corrected chi connectivity index (χ1v) is 7.81. The third kappa shape index (κ3) is 13.1. The van der Waals surface area contributed by atoms with E-state index < -0.39 is 27.8 Å². The van der Waals surface area contributed by atoms with Crippen LogP contribution in [0, 0.1) is 27.8 Å². The summed E-state index contributed by atoms with van der Waals surface area (Å²) in [6.45, 7) is 0. The van der Waals surface area contributed by atoms with E-state index in [2.05, 4.69) is 0 Å². The maximum Gasteiger partial charge on any atom is -0.0623 e. The summed E-state index contributed by atoms with van der Waals surface area (Å²) in [6.07, 6.45) is 0. The monoisotopic (exact) mass is 426 g/mol. The van der Waals surface area contributed by atoms with Crippen molar-refractivity contribution >= 4 is 0 Å². The Morgan fingerprint density at radius 2 is 0.467 bits per heavy atom. The average Bonchev–Trinajstić information content (AvgIpc) is 2.35. The van der Waals surface area contributed by atoms with Gasteiger partial charge < -0.3 is 0 Å². The number of hydrogen-bond donors (Lipinski definition) is 0. The van der Waals surface area contributed by atoms with Crippen LogP contribution in [0.3, 0.4) is 0 Å². The average molecular weight is 426 g/mol. The minimum atomic E-state index is -2.51. The Kier molecular flexibility index (Phi) is 12.3. The zero-order valence-electron chi connectivity index (χ0n) is 8.24. The van der Waals surface area contributed by atoms with Crippen molar-refractivity contribution in [1.82, 2.24) is 0 Å². The molecule has 0 fully saturated rings. The topological polar surface area (TPSA) is 34.1 Å². The quantitative estimate of drug-likeness (QED) is 0.649. The Morgan fingerprint density at radius 3 is 0.533 bits per heavy atom. The molecule has 0 radical (unpaired) electrons. The van der Waals surface area contributed by atoms with Crippen LogP contribution in [-0.2, 0) is 4.47 Å². The Morgan fingerprint density at radius 1 is 0.400 bits per heavy atom. The molecule has 3 heteroatoms. The van der Waals surface area contributed by atoms with Crippen molar-refractivity contribution < 1.29 is 32.3 Å². The summed E-state index contributed by atoms with van der Waals surface area (Å²) >= 11 is -2.51. The van der Waals surface area contributed by atoms with Crippen LogP contribution in [0.4, 0.5) is 0 Å². The number of benzene rings is 2. The minimum Gasteiger partial charge on any atom is -0.0623 e. The first-order chi connectivity index (χ1) is 7.41. The van der Waals surface area contributed by atoms with Gasteiger partial charge in [0.15, 0.2) is 0 Å². The van der Waals surface area contributed by atoms with Gasteiger partial charge in [-0.2, -0.15) is 0 Å². The molecule has 0 aliphatic heterocycles. The molecule has 0 saturated carbocycles. The van der Waals surface area contributed by atoms with Gasteiger partial charge >= 0.3 is 32.3 Å². The first-order valence-electron chi connectivity index (χ1n) is 4.41. The molecule has 0 spiro atoms. The fraction of sp³-hybridized carbons (Fsp3) is 0. The van der Waals surface area contributed by atoms with Gasteiger partial charge in [-0.1, -0.05) is 72.8 Å². The SMILES string of the molecule is [O]=[U]=[O].c1ccccc1.c1ccccc1. The number of rotatable bonds is 0. The Bertz CT molecular complexity index is 258. The van der Waals surface area contributed by atoms with Gasteiger partial charge in [0.2, 0.25) is 0 Å². The molecule has 0 unspecified atom stereocenters. The molecular formula is C12H12O2U. The van der Waals surface area contributed by atoms with E-state index in [1.807, 2.05) is 72.8 Å². The fourth-order valence-corrected chi connectivity index (χ4v) is 0.770. The molecule has 15 heavy (non-hydrogen) atoms. The molecule has 0 aliphatic rings. The second-order valence-corrected chi connectivity index (χ2v) is 3.09. The van der Waals surface area contributed by atoms with Crippen molar-refractivity contribution in [2.75, 3.05) is 0 Å². The maximum absolute atomic E-state index is 8.58. The second-order valence-electron chi connectivity index (χ2n) is 2.39. The van der Waals surface area contributed by atoms with E-state index in [0.717, 1.165) is 0 Å². The summed E-state index contributed by atoms with van der Waals surface area (Å²) in [5, 5.41) is 0. The van der Waals surface area contributed by atoms with E-state index in [4.69, 9.17) is 4.47 Å². The third-order valence-corrected chi connectivity index (χ3v) is 1.33. The van der Waals surface area contributed by atoms with Crippen LogP contribution in [-0.4, -0.2) is 0 Å². The van der Waals surface area contributed by atoms with Gasteiger partial charge in [0.05, 0.1) is 0 Å². The Hall–Kier alpha value is -0.908. The summed E-state index contributed by atoms with van der Waals surface area (Å²) in [4.78, 5) is 0. The standard InChI is InChI=1S/2C6H6.2O.U/c2*1-2-4-6-5-3-1;;;/h2*1-6H;;;. The van der Waals surface area contributed by atoms with Crippen molar-refractivity contribution in [3.63, 3.8) is 0 Å². The third-order valence-electron chi connectivity index (χ3n) is 1.33. The molecule has 0 N–H and O–H groups in total. The summed E-state index contributed by atoms with van der Waals surface area (Å²) in [7, 11) is 0. The van der Waals surface area contributed by atoms with Crippen molar-refractivity contribution in [1.29, 1.82) is 0 Å². The molecule has 76 valence electrons. The van der Waals surface area contributed by atoms with Gasteiger partial charge in [0, 0.05) is 0 Å². The van der Waals surface area contributed by atoms with Gasteiger partial charge in [0.25, 0.3) is 0 Å². The molecule has 0 heterocycles. The summed E-state index contributed by atoms with van der Waals surface area (Å²) in [5.74, 6) is 0. The zero-order valence-corrected chi connectivity index (χ0v) is 12.4. The predicted molar refractivity (Wildman–Crippen MR) is 54.3 cm³/mol. The molecule has 0 aromatic heterocycles. The van der Waals surface area contributed by atoms with E-state index in [1.165, 1.54) is 0 Å². The molecule has 0 saturated heterocycles. The smallest absolute Gasteiger partial charge is 0.0623 e. The Labute approximate surface area is 105 Å². The molecule has 0 aliphatic carbocycles. The van der Waals surface area contributed by atoms with Crippen LogP contribution in [0.2, 0.25) is 0 Å². The fourth-order valence-electron chi connectivity index (χ4n) is 0.770. The van der Waals surface area contributed by atoms with Crippen LogP contribution in [0.1, 0.15) is 0 Å². The van der Waals surface area contributed by atoms with Crippen LogP contribution >= 0.6 is 0 Å². The molecule has 2 nitrogen and oxygen atoms in total. The molecular weight excluding hydrogens is 414 g/mol. The molecule has 2 aromatic rings. The summed E-state index contributed by atoms with van der Waals surface area (Å²) < 4.78 is 17.2. The molecule has 2 rings (SSSR count). The normalized spacial score (nSPS) is 6.93. The van der Waals surface area contributed by atoms with Crippen LogP contribution in [0.5, 0.6) is 0 Å². The van der Waals surface area contributed by atoms with Crippen LogP contribution < -0.4 is 0 Å². The summed E-state index contributed by atoms with van der Waals surface area (Å²) in [5.41, 5.74) is 0. The zero-order chi connectivity index (χ0) is 11.2. The van der Waals surface area contributed by atoms with Crippen molar-refractivity contribution in [2.45, 2.75) is 0 Å². The van der Waals surface area contributed by atoms with Crippen molar-refractivity contribution in [3.8, 4) is 0 Å². The molecule has 0 amide bonds. The van der Waals surface area contributed by atoms with E-state index in [0.29, 0.717) is 0 Å². The van der Waals surface area contributed by atoms with E-state index in [1.54, 1.807) is 0 Å². The predicted octanol–water partition coefficient (Wildman–Crippen LogP) is 3.14. The second kappa shape index (κ2) is 13.1. The molecule has 0 bridgehead atoms. The molecule has 2 aromatic carbocycles. The van der Waals surface area contributed by atoms with Crippen LogP contribution in [0.25, 0.3) is 0 Å². The van der Waals surface area contributed by atoms with E-state index >= 15 is 0 Å². The first kappa shape index (κ1) is 14.1. The van der Waals surface area contributed by atoms with E-state index in [9.17, 15) is 0 Å².